The van der Waals surface area contributed by atoms with E-state index < -0.39 is 20.6 Å². The van der Waals surface area contributed by atoms with Crippen molar-refractivity contribution in [1.82, 2.24) is 14.2 Å². The lowest BCUT2D eigenvalue weighted by Crippen LogP contribution is -2.53. The second-order valence-corrected chi connectivity index (χ2v) is 9.49. The molecule has 2 aromatic rings. The van der Waals surface area contributed by atoms with Crippen LogP contribution in [0.1, 0.15) is 18.2 Å². The predicted molar refractivity (Wildman–Crippen MR) is 117 cm³/mol. The summed E-state index contributed by atoms with van der Waals surface area (Å²) in [6.45, 7) is 5.22. The van der Waals surface area contributed by atoms with Gasteiger partial charge >= 0.3 is 0 Å². The predicted octanol–water partition coefficient (Wildman–Crippen LogP) is 2.05. The standard InChI is InChI=1S/C21H28N4O6S/c1-17-14-23(15-18-7-8-19(22-13-18)16-31-12-11-30-2)9-10-24(17)32(28,29)21-6-4-3-5-20(21)25(26)27/h3-8,13,17H,9-12,14-16H2,1-2H3/t17-/m0/s1. The average molecular weight is 465 g/mol. The number of rotatable bonds is 10. The van der Waals surface area contributed by atoms with E-state index in [-0.39, 0.29) is 17.5 Å². The number of aromatic nitrogens is 1. The highest BCUT2D eigenvalue weighted by Crippen LogP contribution is 2.29. The molecule has 3 rings (SSSR count). The molecule has 1 fully saturated rings. The Morgan fingerprint density at radius 1 is 1.19 bits per heavy atom. The Bertz CT molecular complexity index is 1020. The first-order valence-corrected chi connectivity index (χ1v) is 11.7. The largest absolute Gasteiger partial charge is 0.382 e. The van der Waals surface area contributed by atoms with Crippen molar-refractivity contribution in [3.8, 4) is 0 Å². The molecule has 1 aliphatic rings. The first kappa shape index (κ1) is 24.2. The molecule has 11 heteroatoms. The first-order chi connectivity index (χ1) is 15.3. The first-order valence-electron chi connectivity index (χ1n) is 10.3. The van der Waals surface area contributed by atoms with Gasteiger partial charge in [0, 0.05) is 51.6 Å². The maximum Gasteiger partial charge on any atom is 0.289 e. The third-order valence-electron chi connectivity index (χ3n) is 5.27. The Labute approximate surface area is 188 Å². The van der Waals surface area contributed by atoms with Crippen LogP contribution >= 0.6 is 0 Å². The van der Waals surface area contributed by atoms with Crippen LogP contribution in [0.25, 0.3) is 0 Å². The zero-order chi connectivity index (χ0) is 23.1. The third kappa shape index (κ3) is 5.87. The minimum atomic E-state index is -3.97. The van der Waals surface area contributed by atoms with Crippen LogP contribution in [0.5, 0.6) is 0 Å². The summed E-state index contributed by atoms with van der Waals surface area (Å²) in [5, 5.41) is 11.3. The highest BCUT2D eigenvalue weighted by atomic mass is 32.2. The molecule has 10 nitrogen and oxygen atoms in total. The van der Waals surface area contributed by atoms with E-state index in [2.05, 4.69) is 9.88 Å². The van der Waals surface area contributed by atoms with Gasteiger partial charge in [-0.25, -0.2) is 8.42 Å². The molecular formula is C21H28N4O6S. The lowest BCUT2D eigenvalue weighted by Gasteiger charge is -2.38. The number of sulfonamides is 1. The van der Waals surface area contributed by atoms with Crippen LogP contribution in [0.3, 0.4) is 0 Å². The molecule has 1 aromatic carbocycles. The summed E-state index contributed by atoms with van der Waals surface area (Å²) >= 11 is 0. The number of pyridine rings is 1. The summed E-state index contributed by atoms with van der Waals surface area (Å²) < 4.78 is 38.0. The normalized spacial score (nSPS) is 18.0. The lowest BCUT2D eigenvalue weighted by molar-refractivity contribution is -0.387. The summed E-state index contributed by atoms with van der Waals surface area (Å²) in [5.74, 6) is 0. The summed E-state index contributed by atoms with van der Waals surface area (Å²) in [7, 11) is -2.35. The SMILES string of the molecule is COCCOCc1ccc(CN2CCN(S(=O)(=O)c3ccccc3[N+](=O)[O-])[C@@H](C)C2)cn1. The molecule has 0 N–H and O–H groups in total. The van der Waals surface area contributed by atoms with Crippen LogP contribution in [0.2, 0.25) is 0 Å². The Hall–Kier alpha value is -2.44. The molecule has 0 bridgehead atoms. The zero-order valence-corrected chi connectivity index (χ0v) is 19.0. The van der Waals surface area contributed by atoms with Crippen molar-refractivity contribution in [2.45, 2.75) is 31.0 Å². The Balaban J connectivity index is 1.60. The lowest BCUT2D eigenvalue weighted by atomic mass is 10.2. The number of hydrogen-bond donors (Lipinski definition) is 0. The number of benzene rings is 1. The minimum absolute atomic E-state index is 0.258. The molecule has 2 heterocycles. The van der Waals surface area contributed by atoms with Crippen molar-refractivity contribution in [2.75, 3.05) is 40.0 Å². The van der Waals surface area contributed by atoms with Gasteiger partial charge in [-0.1, -0.05) is 18.2 Å². The maximum absolute atomic E-state index is 13.1. The van der Waals surface area contributed by atoms with Crippen LogP contribution in [-0.2, 0) is 32.6 Å². The van der Waals surface area contributed by atoms with Gasteiger partial charge in [-0.3, -0.25) is 20.0 Å². The van der Waals surface area contributed by atoms with Crippen LogP contribution < -0.4 is 0 Å². The third-order valence-corrected chi connectivity index (χ3v) is 7.33. The van der Waals surface area contributed by atoms with E-state index >= 15 is 0 Å². The smallest absolute Gasteiger partial charge is 0.289 e. The summed E-state index contributed by atoms with van der Waals surface area (Å²) in [5.41, 5.74) is 1.45. The molecule has 0 radical (unpaired) electrons. The molecule has 1 aliphatic heterocycles. The van der Waals surface area contributed by atoms with Gasteiger partial charge in [0.1, 0.15) is 0 Å². The summed E-state index contributed by atoms with van der Waals surface area (Å²) in [6.07, 6.45) is 1.80. The minimum Gasteiger partial charge on any atom is -0.382 e. The number of nitro groups is 1. The molecule has 0 saturated carbocycles. The number of hydrogen-bond acceptors (Lipinski definition) is 8. The number of methoxy groups -OCH3 is 1. The van der Waals surface area contributed by atoms with Crippen molar-refractivity contribution in [2.24, 2.45) is 0 Å². The van der Waals surface area contributed by atoms with Gasteiger partial charge in [-0.05, 0) is 24.6 Å². The van der Waals surface area contributed by atoms with Crippen molar-refractivity contribution in [3.63, 3.8) is 0 Å². The number of nitrogens with zero attached hydrogens (tertiary/aromatic N) is 4. The summed E-state index contributed by atoms with van der Waals surface area (Å²) in [6, 6.07) is 9.05. The van der Waals surface area contributed by atoms with Crippen molar-refractivity contribution < 1.29 is 22.8 Å². The fourth-order valence-corrected chi connectivity index (χ4v) is 5.45. The molecule has 1 aromatic heterocycles. The number of nitro benzene ring substituents is 1. The second-order valence-electron chi connectivity index (χ2n) is 7.63. The molecule has 174 valence electrons. The fraction of sp³-hybridized carbons (Fsp3) is 0.476. The highest BCUT2D eigenvalue weighted by Gasteiger charge is 2.37. The van der Waals surface area contributed by atoms with Crippen molar-refractivity contribution >= 4 is 15.7 Å². The van der Waals surface area contributed by atoms with Gasteiger partial charge in [0.15, 0.2) is 4.90 Å². The number of para-hydroxylation sites is 1. The van der Waals surface area contributed by atoms with Crippen molar-refractivity contribution in [1.29, 1.82) is 0 Å². The van der Waals surface area contributed by atoms with E-state index in [1.807, 2.05) is 19.1 Å². The molecular weight excluding hydrogens is 436 g/mol. The quantitative estimate of drug-likeness (QED) is 0.298. The van der Waals surface area contributed by atoms with Gasteiger partial charge in [-0.2, -0.15) is 4.31 Å². The Morgan fingerprint density at radius 3 is 2.62 bits per heavy atom. The van der Waals surface area contributed by atoms with E-state index in [1.54, 1.807) is 13.3 Å². The molecule has 0 unspecified atom stereocenters. The molecule has 32 heavy (non-hydrogen) atoms. The van der Waals surface area contributed by atoms with Gasteiger partial charge in [0.2, 0.25) is 10.0 Å². The average Bonchev–Trinajstić information content (AvgIpc) is 2.77. The van der Waals surface area contributed by atoms with Crippen molar-refractivity contribution in [3.05, 3.63) is 64.0 Å². The van der Waals surface area contributed by atoms with Crippen LogP contribution in [-0.4, -0.2) is 73.5 Å². The molecule has 1 saturated heterocycles. The monoisotopic (exact) mass is 464 g/mol. The molecule has 1 atom stereocenters. The van der Waals surface area contributed by atoms with Crippen LogP contribution in [0.15, 0.2) is 47.5 Å². The van der Waals surface area contributed by atoms with Crippen LogP contribution in [0, 0.1) is 10.1 Å². The zero-order valence-electron chi connectivity index (χ0n) is 18.2. The van der Waals surface area contributed by atoms with E-state index in [1.165, 1.54) is 28.6 Å². The van der Waals surface area contributed by atoms with E-state index in [9.17, 15) is 18.5 Å². The van der Waals surface area contributed by atoms with Gasteiger partial charge in [0.05, 0.1) is 30.4 Å². The topological polar surface area (TPSA) is 115 Å². The maximum atomic E-state index is 13.1. The summed E-state index contributed by atoms with van der Waals surface area (Å²) in [4.78, 5) is 16.9. The molecule has 0 amide bonds. The number of piperazine rings is 1. The second kappa shape index (κ2) is 10.9. The number of ether oxygens (including phenoxy) is 2. The van der Waals surface area contributed by atoms with E-state index in [0.29, 0.717) is 39.5 Å². The fourth-order valence-electron chi connectivity index (χ4n) is 3.68. The Kier molecular flexibility index (Phi) is 8.26. The Morgan fingerprint density at radius 2 is 1.97 bits per heavy atom. The molecule has 0 spiro atoms. The van der Waals surface area contributed by atoms with Gasteiger partial charge in [0.25, 0.3) is 5.69 Å². The van der Waals surface area contributed by atoms with Gasteiger partial charge < -0.3 is 9.47 Å². The van der Waals surface area contributed by atoms with Gasteiger partial charge in [-0.15, -0.1) is 0 Å². The molecule has 0 aliphatic carbocycles. The van der Waals surface area contributed by atoms with Crippen LogP contribution in [0.4, 0.5) is 5.69 Å². The highest BCUT2D eigenvalue weighted by molar-refractivity contribution is 7.89. The van der Waals surface area contributed by atoms with E-state index in [4.69, 9.17) is 9.47 Å². The van der Waals surface area contributed by atoms with E-state index in [0.717, 1.165) is 11.3 Å².